The minimum atomic E-state index is -0.110. The van der Waals surface area contributed by atoms with Crippen LogP contribution in [0.5, 0.6) is 0 Å². The molecule has 0 fully saturated rings. The number of carbonyl (C=O) groups excluding carboxylic acids is 1. The van der Waals surface area contributed by atoms with E-state index in [1.807, 2.05) is 32.9 Å². The van der Waals surface area contributed by atoms with E-state index in [0.29, 0.717) is 6.47 Å². The molecule has 1 aliphatic rings. The van der Waals surface area contributed by atoms with Crippen LogP contribution < -0.4 is 0 Å². The monoisotopic (exact) mass is 152 g/mol. The first-order chi connectivity index (χ1) is 5.09. The maximum absolute atomic E-state index is 10.1. The van der Waals surface area contributed by atoms with Gasteiger partial charge in [0.25, 0.3) is 6.47 Å². The number of ether oxygens (including phenoxy) is 1. The molecule has 60 valence electrons. The highest BCUT2D eigenvalue weighted by Crippen LogP contribution is 2.38. The molecule has 0 atom stereocenters. The van der Waals surface area contributed by atoms with Gasteiger partial charge in [-0.05, 0) is 26.8 Å². The summed E-state index contributed by atoms with van der Waals surface area (Å²) in [6, 6.07) is 0. The van der Waals surface area contributed by atoms with Gasteiger partial charge in [0, 0.05) is 5.41 Å². The van der Waals surface area contributed by atoms with Crippen LogP contribution in [0.2, 0.25) is 0 Å². The summed E-state index contributed by atoms with van der Waals surface area (Å²) in [4.78, 5) is 10.1. The minimum absolute atomic E-state index is 0.110. The largest absolute Gasteiger partial charge is 0.432 e. The number of carbonyl (C=O) groups is 1. The van der Waals surface area contributed by atoms with Crippen LogP contribution in [-0.4, -0.2) is 6.47 Å². The second-order valence-corrected chi connectivity index (χ2v) is 3.22. The topological polar surface area (TPSA) is 26.3 Å². The van der Waals surface area contributed by atoms with Crippen molar-refractivity contribution in [2.24, 2.45) is 5.41 Å². The Bertz CT molecular complexity index is 234. The summed E-state index contributed by atoms with van der Waals surface area (Å²) in [7, 11) is 0. The van der Waals surface area contributed by atoms with Crippen molar-refractivity contribution in [3.05, 3.63) is 23.5 Å². The molecular weight excluding hydrogens is 140 g/mol. The lowest BCUT2D eigenvalue weighted by atomic mass is 9.87. The Labute approximate surface area is 66.5 Å². The van der Waals surface area contributed by atoms with Gasteiger partial charge in [-0.15, -0.1) is 0 Å². The summed E-state index contributed by atoms with van der Waals surface area (Å²) in [6.45, 7) is 6.56. The molecule has 2 heteroatoms. The van der Waals surface area contributed by atoms with Crippen molar-refractivity contribution in [2.75, 3.05) is 0 Å². The van der Waals surface area contributed by atoms with Crippen LogP contribution in [0.1, 0.15) is 20.8 Å². The summed E-state index contributed by atoms with van der Waals surface area (Å²) < 4.78 is 4.82. The van der Waals surface area contributed by atoms with Crippen molar-refractivity contribution in [2.45, 2.75) is 20.8 Å². The first kappa shape index (κ1) is 8.05. The highest BCUT2D eigenvalue weighted by atomic mass is 16.5. The van der Waals surface area contributed by atoms with Gasteiger partial charge in [0.05, 0.1) is 0 Å². The normalized spacial score (nSPS) is 20.6. The van der Waals surface area contributed by atoms with Crippen LogP contribution in [-0.2, 0) is 9.53 Å². The van der Waals surface area contributed by atoms with Gasteiger partial charge in [-0.1, -0.05) is 11.6 Å². The molecule has 0 N–H and O–H groups in total. The molecule has 0 saturated heterocycles. The van der Waals surface area contributed by atoms with E-state index in [4.69, 9.17) is 4.74 Å². The Morgan fingerprint density at radius 1 is 1.45 bits per heavy atom. The second-order valence-electron chi connectivity index (χ2n) is 3.22. The quantitative estimate of drug-likeness (QED) is 0.566. The zero-order valence-corrected chi connectivity index (χ0v) is 7.05. The second kappa shape index (κ2) is 2.53. The standard InChI is InChI=1S/C9H12O2/c1-7-4-5-8(11-6-10)9(7,2)3/h4-6H,1-3H3. The highest BCUT2D eigenvalue weighted by molar-refractivity contribution is 5.45. The third-order valence-corrected chi connectivity index (χ3v) is 2.26. The van der Waals surface area contributed by atoms with Gasteiger partial charge in [0.15, 0.2) is 0 Å². The maximum atomic E-state index is 10.1. The molecular formula is C9H12O2. The molecule has 0 radical (unpaired) electrons. The number of rotatable bonds is 2. The van der Waals surface area contributed by atoms with Crippen LogP contribution >= 0.6 is 0 Å². The number of hydrogen-bond acceptors (Lipinski definition) is 2. The van der Waals surface area contributed by atoms with E-state index in [2.05, 4.69) is 0 Å². The van der Waals surface area contributed by atoms with Crippen molar-refractivity contribution >= 4 is 6.47 Å². The first-order valence-corrected chi connectivity index (χ1v) is 3.59. The zero-order valence-electron chi connectivity index (χ0n) is 7.05. The van der Waals surface area contributed by atoms with E-state index in [1.54, 1.807) is 0 Å². The van der Waals surface area contributed by atoms with Gasteiger partial charge in [-0.2, -0.15) is 0 Å². The summed E-state index contributed by atoms with van der Waals surface area (Å²) in [5.74, 6) is 0.727. The average molecular weight is 152 g/mol. The highest BCUT2D eigenvalue weighted by Gasteiger charge is 2.30. The molecule has 0 heterocycles. The fourth-order valence-electron chi connectivity index (χ4n) is 1.05. The SMILES string of the molecule is CC1=CC=C(OC=O)C1(C)C. The van der Waals surface area contributed by atoms with E-state index >= 15 is 0 Å². The van der Waals surface area contributed by atoms with E-state index in [1.165, 1.54) is 5.57 Å². The van der Waals surface area contributed by atoms with Crippen LogP contribution in [0.4, 0.5) is 0 Å². The molecule has 0 saturated carbocycles. The van der Waals surface area contributed by atoms with Crippen molar-refractivity contribution in [1.82, 2.24) is 0 Å². The molecule has 0 aromatic rings. The van der Waals surface area contributed by atoms with Crippen molar-refractivity contribution in [3.63, 3.8) is 0 Å². The number of allylic oxidation sites excluding steroid dienone is 3. The van der Waals surface area contributed by atoms with Crippen molar-refractivity contribution < 1.29 is 9.53 Å². The van der Waals surface area contributed by atoms with Crippen LogP contribution in [0, 0.1) is 5.41 Å². The van der Waals surface area contributed by atoms with Gasteiger partial charge < -0.3 is 4.74 Å². The summed E-state index contributed by atoms with van der Waals surface area (Å²) in [5, 5.41) is 0. The predicted molar refractivity (Wildman–Crippen MR) is 42.8 cm³/mol. The smallest absolute Gasteiger partial charge is 0.298 e. The molecule has 0 amide bonds. The molecule has 0 aromatic heterocycles. The lowest BCUT2D eigenvalue weighted by molar-refractivity contribution is -0.126. The van der Waals surface area contributed by atoms with E-state index in [0.717, 1.165) is 5.76 Å². The fourth-order valence-corrected chi connectivity index (χ4v) is 1.05. The van der Waals surface area contributed by atoms with E-state index in [9.17, 15) is 4.79 Å². The first-order valence-electron chi connectivity index (χ1n) is 3.59. The summed E-state index contributed by atoms with van der Waals surface area (Å²) >= 11 is 0. The van der Waals surface area contributed by atoms with E-state index in [-0.39, 0.29) is 5.41 Å². The summed E-state index contributed by atoms with van der Waals surface area (Å²) in [5.41, 5.74) is 1.11. The lowest BCUT2D eigenvalue weighted by Crippen LogP contribution is -2.14. The lowest BCUT2D eigenvalue weighted by Gasteiger charge is -2.22. The number of hydrogen-bond donors (Lipinski definition) is 0. The average Bonchev–Trinajstić information content (AvgIpc) is 2.16. The third kappa shape index (κ3) is 1.20. The third-order valence-electron chi connectivity index (χ3n) is 2.26. The van der Waals surface area contributed by atoms with Gasteiger partial charge in [-0.25, -0.2) is 0 Å². The van der Waals surface area contributed by atoms with Gasteiger partial charge in [0.1, 0.15) is 5.76 Å². The zero-order chi connectivity index (χ0) is 8.48. The molecule has 1 aliphatic carbocycles. The van der Waals surface area contributed by atoms with Crippen LogP contribution in [0.3, 0.4) is 0 Å². The van der Waals surface area contributed by atoms with Gasteiger partial charge >= 0.3 is 0 Å². The fraction of sp³-hybridized carbons (Fsp3) is 0.444. The Morgan fingerprint density at radius 3 is 2.45 bits per heavy atom. The van der Waals surface area contributed by atoms with Crippen molar-refractivity contribution in [1.29, 1.82) is 0 Å². The predicted octanol–water partition coefficient (Wildman–Crippen LogP) is 2.03. The van der Waals surface area contributed by atoms with Gasteiger partial charge in [-0.3, -0.25) is 4.79 Å². The van der Waals surface area contributed by atoms with E-state index < -0.39 is 0 Å². The molecule has 1 rings (SSSR count). The Morgan fingerprint density at radius 2 is 2.09 bits per heavy atom. The molecule has 0 aromatic carbocycles. The van der Waals surface area contributed by atoms with Crippen LogP contribution in [0.15, 0.2) is 23.5 Å². The molecule has 0 spiro atoms. The minimum Gasteiger partial charge on any atom is -0.432 e. The molecule has 0 unspecified atom stereocenters. The molecule has 2 nitrogen and oxygen atoms in total. The Kier molecular flexibility index (Phi) is 1.85. The Balaban J connectivity index is 2.82. The van der Waals surface area contributed by atoms with Crippen molar-refractivity contribution in [3.8, 4) is 0 Å². The molecule has 0 aliphatic heterocycles. The maximum Gasteiger partial charge on any atom is 0.298 e. The Hall–Kier alpha value is -1.05. The summed E-state index contributed by atoms with van der Waals surface area (Å²) in [6.07, 6.45) is 3.81. The van der Waals surface area contributed by atoms with Crippen LogP contribution in [0.25, 0.3) is 0 Å². The van der Waals surface area contributed by atoms with Gasteiger partial charge in [0.2, 0.25) is 0 Å². The molecule has 11 heavy (non-hydrogen) atoms. The molecule has 0 bridgehead atoms.